The minimum atomic E-state index is -0.615. The van der Waals surface area contributed by atoms with E-state index in [-0.39, 0.29) is 12.7 Å². The summed E-state index contributed by atoms with van der Waals surface area (Å²) in [5.74, 6) is 1.35. The second kappa shape index (κ2) is 5.83. The Balaban J connectivity index is 1.58. The first-order valence-corrected chi connectivity index (χ1v) is 8.14. The lowest BCUT2D eigenvalue weighted by Gasteiger charge is -2.26. The summed E-state index contributed by atoms with van der Waals surface area (Å²) in [6, 6.07) is 15.8. The van der Waals surface area contributed by atoms with Gasteiger partial charge in [0.15, 0.2) is 11.5 Å². The number of ether oxygens (including phenoxy) is 2. The molecule has 1 fully saturated rings. The van der Waals surface area contributed by atoms with Gasteiger partial charge in [0.1, 0.15) is 0 Å². The SMILES string of the molecule is NC(=O)C1(c2ccccc2)CCN(Cc2cccc3c2OCO3)C1. The smallest absolute Gasteiger partial charge is 0.231 e. The zero-order valence-corrected chi connectivity index (χ0v) is 13.4. The van der Waals surface area contributed by atoms with E-state index >= 15 is 0 Å². The Labute approximate surface area is 141 Å². The quantitative estimate of drug-likeness (QED) is 0.935. The van der Waals surface area contributed by atoms with Crippen molar-refractivity contribution in [1.82, 2.24) is 4.90 Å². The Kier molecular flexibility index (Phi) is 3.65. The summed E-state index contributed by atoms with van der Waals surface area (Å²) in [4.78, 5) is 14.5. The third-order valence-electron chi connectivity index (χ3n) is 5.02. The fourth-order valence-electron chi connectivity index (χ4n) is 3.72. The first-order chi connectivity index (χ1) is 11.7. The summed E-state index contributed by atoms with van der Waals surface area (Å²) in [7, 11) is 0. The molecule has 124 valence electrons. The Bertz CT molecular complexity index is 762. The van der Waals surface area contributed by atoms with Gasteiger partial charge in [0, 0.05) is 18.7 Å². The van der Waals surface area contributed by atoms with Crippen LogP contribution in [0.3, 0.4) is 0 Å². The van der Waals surface area contributed by atoms with Crippen LogP contribution in [0.4, 0.5) is 0 Å². The van der Waals surface area contributed by atoms with Crippen LogP contribution < -0.4 is 15.2 Å². The number of nitrogens with zero attached hydrogens (tertiary/aromatic N) is 1. The van der Waals surface area contributed by atoms with E-state index in [4.69, 9.17) is 15.2 Å². The third kappa shape index (κ3) is 2.41. The van der Waals surface area contributed by atoms with E-state index in [2.05, 4.69) is 4.90 Å². The van der Waals surface area contributed by atoms with E-state index in [1.807, 2.05) is 48.5 Å². The number of hydrogen-bond donors (Lipinski definition) is 1. The van der Waals surface area contributed by atoms with Crippen LogP contribution in [0.1, 0.15) is 17.5 Å². The highest BCUT2D eigenvalue weighted by Crippen LogP contribution is 2.39. The number of amides is 1. The standard InChI is InChI=1S/C19H20N2O3/c20-18(22)19(15-6-2-1-3-7-15)9-10-21(12-19)11-14-5-4-8-16-17(14)24-13-23-16/h1-8H,9-13H2,(H2,20,22). The van der Waals surface area contributed by atoms with Crippen molar-refractivity contribution in [2.75, 3.05) is 19.9 Å². The van der Waals surface area contributed by atoms with E-state index in [9.17, 15) is 4.79 Å². The summed E-state index contributed by atoms with van der Waals surface area (Å²) < 4.78 is 11.0. The number of para-hydroxylation sites is 1. The monoisotopic (exact) mass is 324 g/mol. The first-order valence-electron chi connectivity index (χ1n) is 8.14. The van der Waals surface area contributed by atoms with Gasteiger partial charge in [-0.05, 0) is 24.6 Å². The molecule has 5 heteroatoms. The summed E-state index contributed by atoms with van der Waals surface area (Å²) in [5.41, 5.74) is 7.27. The minimum absolute atomic E-state index is 0.255. The molecule has 24 heavy (non-hydrogen) atoms. The van der Waals surface area contributed by atoms with Crippen molar-refractivity contribution in [2.45, 2.75) is 18.4 Å². The predicted molar refractivity (Wildman–Crippen MR) is 89.8 cm³/mol. The molecule has 0 saturated carbocycles. The van der Waals surface area contributed by atoms with Gasteiger partial charge >= 0.3 is 0 Å². The number of likely N-dealkylation sites (tertiary alicyclic amines) is 1. The summed E-state index contributed by atoms with van der Waals surface area (Å²) in [6.07, 6.45) is 0.735. The summed E-state index contributed by atoms with van der Waals surface area (Å²) in [5, 5.41) is 0. The molecule has 0 spiro atoms. The zero-order chi connectivity index (χ0) is 16.6. The highest BCUT2D eigenvalue weighted by Gasteiger charge is 2.44. The Morgan fingerprint density at radius 3 is 2.75 bits per heavy atom. The molecule has 2 N–H and O–H groups in total. The van der Waals surface area contributed by atoms with Crippen molar-refractivity contribution in [3.63, 3.8) is 0 Å². The highest BCUT2D eigenvalue weighted by atomic mass is 16.7. The van der Waals surface area contributed by atoms with Crippen LogP contribution in [-0.2, 0) is 16.8 Å². The van der Waals surface area contributed by atoms with Gasteiger partial charge in [-0.3, -0.25) is 9.69 Å². The largest absolute Gasteiger partial charge is 0.454 e. The lowest BCUT2D eigenvalue weighted by molar-refractivity contribution is -0.123. The summed E-state index contributed by atoms with van der Waals surface area (Å²) >= 11 is 0. The number of carbonyl (C=O) groups is 1. The number of benzene rings is 2. The molecule has 1 atom stereocenters. The number of hydrogen-bond acceptors (Lipinski definition) is 4. The number of fused-ring (bicyclic) bond motifs is 1. The van der Waals surface area contributed by atoms with Gasteiger partial charge in [-0.1, -0.05) is 42.5 Å². The number of carbonyl (C=O) groups excluding carboxylic acids is 1. The van der Waals surface area contributed by atoms with Crippen molar-refractivity contribution < 1.29 is 14.3 Å². The van der Waals surface area contributed by atoms with Crippen molar-refractivity contribution in [1.29, 1.82) is 0 Å². The Hall–Kier alpha value is -2.53. The van der Waals surface area contributed by atoms with Crippen molar-refractivity contribution in [3.05, 3.63) is 59.7 Å². The first kappa shape index (κ1) is 15.0. The molecule has 0 bridgehead atoms. The molecular formula is C19H20N2O3. The molecule has 2 aliphatic rings. The van der Waals surface area contributed by atoms with Gasteiger partial charge in [0.25, 0.3) is 0 Å². The fraction of sp³-hybridized carbons (Fsp3) is 0.316. The topological polar surface area (TPSA) is 64.8 Å². The van der Waals surface area contributed by atoms with E-state index in [0.717, 1.165) is 35.6 Å². The van der Waals surface area contributed by atoms with E-state index < -0.39 is 5.41 Å². The lowest BCUT2D eigenvalue weighted by Crippen LogP contribution is -2.43. The van der Waals surface area contributed by atoms with Crippen LogP contribution in [0.2, 0.25) is 0 Å². The van der Waals surface area contributed by atoms with Crippen LogP contribution in [0, 0.1) is 0 Å². The number of primary amides is 1. The van der Waals surface area contributed by atoms with Crippen molar-refractivity contribution >= 4 is 5.91 Å². The van der Waals surface area contributed by atoms with Crippen molar-refractivity contribution in [3.8, 4) is 11.5 Å². The van der Waals surface area contributed by atoms with Gasteiger partial charge in [0.2, 0.25) is 12.7 Å². The maximum atomic E-state index is 12.3. The Morgan fingerprint density at radius 2 is 1.96 bits per heavy atom. The number of rotatable bonds is 4. The highest BCUT2D eigenvalue weighted by molar-refractivity contribution is 5.87. The van der Waals surface area contributed by atoms with Gasteiger partial charge in [-0.25, -0.2) is 0 Å². The van der Waals surface area contributed by atoms with Gasteiger partial charge in [-0.15, -0.1) is 0 Å². The maximum Gasteiger partial charge on any atom is 0.231 e. The van der Waals surface area contributed by atoms with Gasteiger partial charge in [0.05, 0.1) is 5.41 Å². The van der Waals surface area contributed by atoms with E-state index in [1.54, 1.807) is 0 Å². The minimum Gasteiger partial charge on any atom is -0.454 e. The molecule has 2 heterocycles. The number of nitrogens with two attached hydrogens (primary N) is 1. The third-order valence-corrected chi connectivity index (χ3v) is 5.02. The van der Waals surface area contributed by atoms with Crippen LogP contribution in [0.25, 0.3) is 0 Å². The molecule has 0 aliphatic carbocycles. The second-order valence-electron chi connectivity index (χ2n) is 6.42. The average molecular weight is 324 g/mol. The van der Waals surface area contributed by atoms with E-state index in [0.29, 0.717) is 13.1 Å². The van der Waals surface area contributed by atoms with Crippen LogP contribution in [-0.4, -0.2) is 30.7 Å². The van der Waals surface area contributed by atoms with Gasteiger partial charge in [-0.2, -0.15) is 0 Å². The summed E-state index contributed by atoms with van der Waals surface area (Å²) in [6.45, 7) is 2.43. The molecule has 0 aromatic heterocycles. The molecule has 5 nitrogen and oxygen atoms in total. The second-order valence-corrected chi connectivity index (χ2v) is 6.42. The molecule has 1 saturated heterocycles. The zero-order valence-electron chi connectivity index (χ0n) is 13.4. The lowest BCUT2D eigenvalue weighted by atomic mass is 9.79. The normalized spacial score (nSPS) is 22.7. The van der Waals surface area contributed by atoms with Crippen LogP contribution in [0.5, 0.6) is 11.5 Å². The molecule has 0 radical (unpaired) electrons. The van der Waals surface area contributed by atoms with E-state index in [1.165, 1.54) is 0 Å². The predicted octanol–water partition coefficient (Wildman–Crippen LogP) is 2.04. The fourth-order valence-corrected chi connectivity index (χ4v) is 3.72. The maximum absolute atomic E-state index is 12.3. The Morgan fingerprint density at radius 1 is 1.12 bits per heavy atom. The van der Waals surface area contributed by atoms with Crippen molar-refractivity contribution in [2.24, 2.45) is 5.73 Å². The molecule has 1 amide bonds. The van der Waals surface area contributed by atoms with Crippen LogP contribution >= 0.6 is 0 Å². The molecule has 2 aliphatic heterocycles. The molecule has 2 aromatic rings. The molecular weight excluding hydrogens is 304 g/mol. The molecule has 2 aromatic carbocycles. The van der Waals surface area contributed by atoms with Gasteiger partial charge < -0.3 is 15.2 Å². The van der Waals surface area contributed by atoms with Crippen LogP contribution in [0.15, 0.2) is 48.5 Å². The molecule has 4 rings (SSSR count). The average Bonchev–Trinajstić information content (AvgIpc) is 3.24. The molecule has 1 unspecified atom stereocenters.